The summed E-state index contributed by atoms with van der Waals surface area (Å²) in [5.74, 6) is 0.628. The van der Waals surface area contributed by atoms with Crippen molar-refractivity contribution in [3.05, 3.63) is 59.9 Å². The van der Waals surface area contributed by atoms with Gasteiger partial charge in [-0.3, -0.25) is 4.79 Å². The van der Waals surface area contributed by atoms with Gasteiger partial charge in [-0.15, -0.1) is 0 Å². The smallest absolute Gasteiger partial charge is 0.279 e. The molecule has 0 spiro atoms. The van der Waals surface area contributed by atoms with E-state index in [-0.39, 0.29) is 24.3 Å². The predicted octanol–water partition coefficient (Wildman–Crippen LogP) is 3.12. The summed E-state index contributed by atoms with van der Waals surface area (Å²) >= 11 is 0. The number of benzene rings is 2. The number of halogens is 1. The van der Waals surface area contributed by atoms with Gasteiger partial charge in [-0.05, 0) is 31.2 Å². The van der Waals surface area contributed by atoms with Crippen molar-refractivity contribution >= 4 is 11.6 Å². The van der Waals surface area contributed by atoms with Crippen LogP contribution in [0.2, 0.25) is 0 Å². The molecule has 0 heterocycles. The van der Waals surface area contributed by atoms with E-state index in [0.29, 0.717) is 24.0 Å². The maximum absolute atomic E-state index is 13.1. The Labute approximate surface area is 148 Å². The maximum Gasteiger partial charge on any atom is 0.279 e. The molecule has 0 unspecified atom stereocenters. The Kier molecular flexibility index (Phi) is 6.95. The fourth-order valence-electron chi connectivity index (χ4n) is 2.76. The number of hydrogen-bond acceptors (Lipinski definition) is 2. The highest BCUT2D eigenvalue weighted by Gasteiger charge is 2.20. The van der Waals surface area contributed by atoms with Crippen LogP contribution in [-0.4, -0.2) is 19.1 Å². The molecule has 1 atom stereocenters. The number of hydrogen-bond donors (Lipinski definition) is 2. The van der Waals surface area contributed by atoms with E-state index in [1.165, 1.54) is 12.1 Å². The van der Waals surface area contributed by atoms with Crippen molar-refractivity contribution in [2.45, 2.75) is 26.8 Å². The fourth-order valence-corrected chi connectivity index (χ4v) is 2.76. The second-order valence-electron chi connectivity index (χ2n) is 6.24. The average molecular weight is 345 g/mol. The average Bonchev–Trinajstić information content (AvgIpc) is 2.58. The molecule has 0 fully saturated rings. The molecule has 0 aliphatic rings. The molecule has 0 aliphatic carbocycles. The second kappa shape index (κ2) is 9.18. The second-order valence-corrected chi connectivity index (χ2v) is 6.24. The third-order valence-corrected chi connectivity index (χ3v) is 3.99. The van der Waals surface area contributed by atoms with Crippen molar-refractivity contribution in [2.75, 3.05) is 18.5 Å². The summed E-state index contributed by atoms with van der Waals surface area (Å²) in [5, 5.41) is 4.88. The summed E-state index contributed by atoms with van der Waals surface area (Å²) in [7, 11) is 0. The molecule has 2 aromatic rings. The van der Waals surface area contributed by atoms with E-state index < -0.39 is 0 Å². The van der Waals surface area contributed by atoms with Gasteiger partial charge in [0, 0.05) is 11.5 Å². The van der Waals surface area contributed by atoms with Crippen LogP contribution in [0.15, 0.2) is 48.5 Å². The van der Waals surface area contributed by atoms with Crippen molar-refractivity contribution in [3.63, 3.8) is 0 Å². The summed E-state index contributed by atoms with van der Waals surface area (Å²) in [6.07, 6.45) is 0. The lowest BCUT2D eigenvalue weighted by atomic mass is 9.96. The Balaban J connectivity index is 1.99. The first-order valence-electron chi connectivity index (χ1n) is 8.61. The van der Waals surface area contributed by atoms with Gasteiger partial charge in [0.25, 0.3) is 5.91 Å². The van der Waals surface area contributed by atoms with Gasteiger partial charge in [0.2, 0.25) is 0 Å². The number of nitrogens with two attached hydrogens (primary N) is 1. The molecule has 0 saturated carbocycles. The molecule has 0 aromatic heterocycles. The van der Waals surface area contributed by atoms with Crippen LogP contribution in [-0.2, 0) is 4.79 Å². The van der Waals surface area contributed by atoms with Crippen molar-refractivity contribution in [1.29, 1.82) is 0 Å². The number of carbonyl (C=O) groups excluding carboxylic acids is 1. The number of anilines is 1. The molecule has 0 bridgehead atoms. The van der Waals surface area contributed by atoms with Gasteiger partial charge >= 0.3 is 0 Å². The van der Waals surface area contributed by atoms with Crippen LogP contribution in [0.3, 0.4) is 0 Å². The Morgan fingerprint density at radius 2 is 1.84 bits per heavy atom. The van der Waals surface area contributed by atoms with Crippen LogP contribution < -0.4 is 15.4 Å². The summed E-state index contributed by atoms with van der Waals surface area (Å²) in [6.45, 7) is 6.90. The minimum absolute atomic E-state index is 0.0912. The van der Waals surface area contributed by atoms with Gasteiger partial charge in [-0.1, -0.05) is 38.1 Å². The van der Waals surface area contributed by atoms with E-state index in [1.54, 1.807) is 12.1 Å². The SMILES string of the molecule is CCOc1ccccc1NC(=O)C[NH2+][C@@H](c1ccc(F)cc1)C(C)C. The summed E-state index contributed by atoms with van der Waals surface area (Å²) in [5.41, 5.74) is 1.68. The molecule has 25 heavy (non-hydrogen) atoms. The van der Waals surface area contributed by atoms with Gasteiger partial charge < -0.3 is 15.4 Å². The Bertz CT molecular complexity index is 686. The number of carbonyl (C=O) groups is 1. The Morgan fingerprint density at radius 1 is 1.16 bits per heavy atom. The standard InChI is InChI=1S/C20H25FN2O2/c1-4-25-18-8-6-5-7-17(18)23-19(24)13-22-20(14(2)3)15-9-11-16(21)12-10-15/h5-12,14,20,22H,4,13H2,1-3H3,(H,23,24)/p+1/t20-/m1/s1. The topological polar surface area (TPSA) is 54.9 Å². The third kappa shape index (κ3) is 5.57. The van der Waals surface area contributed by atoms with E-state index in [4.69, 9.17) is 4.74 Å². The van der Waals surface area contributed by atoms with E-state index in [1.807, 2.05) is 36.5 Å². The van der Waals surface area contributed by atoms with E-state index >= 15 is 0 Å². The van der Waals surface area contributed by atoms with Crippen LogP contribution in [0, 0.1) is 11.7 Å². The molecule has 0 aliphatic heterocycles. The van der Waals surface area contributed by atoms with Crippen LogP contribution >= 0.6 is 0 Å². The fraction of sp³-hybridized carbons (Fsp3) is 0.350. The van der Waals surface area contributed by atoms with Crippen molar-refractivity contribution in [1.82, 2.24) is 0 Å². The quantitative estimate of drug-likeness (QED) is 0.772. The molecule has 5 heteroatoms. The summed E-state index contributed by atoms with van der Waals surface area (Å²) in [6, 6.07) is 13.9. The van der Waals surface area contributed by atoms with Gasteiger partial charge in [-0.2, -0.15) is 0 Å². The van der Waals surface area contributed by atoms with Gasteiger partial charge in [0.15, 0.2) is 6.54 Å². The zero-order chi connectivity index (χ0) is 18.2. The molecular weight excluding hydrogens is 319 g/mol. The monoisotopic (exact) mass is 345 g/mol. The Hall–Kier alpha value is -2.40. The zero-order valence-corrected chi connectivity index (χ0v) is 15.0. The predicted molar refractivity (Wildman–Crippen MR) is 97.0 cm³/mol. The molecule has 134 valence electrons. The number of para-hydroxylation sites is 2. The molecule has 3 N–H and O–H groups in total. The number of nitrogens with one attached hydrogen (secondary N) is 1. The van der Waals surface area contributed by atoms with E-state index in [0.717, 1.165) is 5.56 Å². The number of amides is 1. The Morgan fingerprint density at radius 3 is 2.48 bits per heavy atom. The lowest BCUT2D eigenvalue weighted by molar-refractivity contribution is -0.692. The minimum Gasteiger partial charge on any atom is -0.492 e. The van der Waals surface area contributed by atoms with Crippen LogP contribution in [0.5, 0.6) is 5.75 Å². The molecule has 4 nitrogen and oxygen atoms in total. The molecule has 2 rings (SSSR count). The van der Waals surface area contributed by atoms with Crippen molar-refractivity contribution in [2.24, 2.45) is 5.92 Å². The van der Waals surface area contributed by atoms with Crippen LogP contribution in [0.4, 0.5) is 10.1 Å². The number of quaternary nitrogens is 1. The summed E-state index contributed by atoms with van der Waals surface area (Å²) in [4.78, 5) is 12.3. The highest BCUT2D eigenvalue weighted by atomic mass is 19.1. The molecule has 1 amide bonds. The first kappa shape index (κ1) is 18.9. The lowest BCUT2D eigenvalue weighted by Gasteiger charge is -2.19. The van der Waals surface area contributed by atoms with Gasteiger partial charge in [0.05, 0.1) is 12.3 Å². The van der Waals surface area contributed by atoms with Crippen LogP contribution in [0.1, 0.15) is 32.4 Å². The number of ether oxygens (including phenoxy) is 1. The largest absolute Gasteiger partial charge is 0.492 e. The van der Waals surface area contributed by atoms with E-state index in [2.05, 4.69) is 19.2 Å². The van der Waals surface area contributed by atoms with Crippen LogP contribution in [0.25, 0.3) is 0 Å². The first-order valence-corrected chi connectivity index (χ1v) is 8.61. The molecule has 2 aromatic carbocycles. The molecular formula is C20H26FN2O2+. The summed E-state index contributed by atoms with van der Waals surface area (Å²) < 4.78 is 18.6. The van der Waals surface area contributed by atoms with Crippen molar-refractivity contribution < 1.29 is 19.2 Å². The number of rotatable bonds is 8. The lowest BCUT2D eigenvalue weighted by Crippen LogP contribution is -2.88. The van der Waals surface area contributed by atoms with Gasteiger partial charge in [0.1, 0.15) is 17.6 Å². The third-order valence-electron chi connectivity index (χ3n) is 3.99. The van der Waals surface area contributed by atoms with Crippen molar-refractivity contribution in [3.8, 4) is 5.75 Å². The highest BCUT2D eigenvalue weighted by Crippen LogP contribution is 2.23. The highest BCUT2D eigenvalue weighted by molar-refractivity contribution is 5.92. The normalized spacial score (nSPS) is 12.0. The first-order chi connectivity index (χ1) is 12.0. The molecule has 0 saturated heterocycles. The maximum atomic E-state index is 13.1. The zero-order valence-electron chi connectivity index (χ0n) is 15.0. The minimum atomic E-state index is -0.253. The van der Waals surface area contributed by atoms with E-state index in [9.17, 15) is 9.18 Å². The molecule has 0 radical (unpaired) electrons. The van der Waals surface area contributed by atoms with Gasteiger partial charge in [-0.25, -0.2) is 4.39 Å².